The summed E-state index contributed by atoms with van der Waals surface area (Å²) in [6.45, 7) is 6.70. The third-order valence-corrected chi connectivity index (χ3v) is 6.06. The zero-order valence-electron chi connectivity index (χ0n) is 18.6. The number of hydrogen-bond acceptors (Lipinski definition) is 12. The van der Waals surface area contributed by atoms with Gasteiger partial charge in [0.2, 0.25) is 0 Å². The van der Waals surface area contributed by atoms with E-state index in [0.29, 0.717) is 36.1 Å². The maximum absolute atomic E-state index is 11.7. The summed E-state index contributed by atoms with van der Waals surface area (Å²) in [6.07, 6.45) is 0.909. The highest BCUT2D eigenvalue weighted by molar-refractivity contribution is 8.00. The van der Waals surface area contributed by atoms with Crippen molar-refractivity contribution >= 4 is 59.2 Å². The molecule has 0 unspecified atom stereocenters. The van der Waals surface area contributed by atoms with Gasteiger partial charge in [0.25, 0.3) is 0 Å². The summed E-state index contributed by atoms with van der Waals surface area (Å²) in [6, 6.07) is 0. The molecule has 10 nitrogen and oxygen atoms in total. The van der Waals surface area contributed by atoms with Crippen LogP contribution in [0.15, 0.2) is 9.98 Å². The molecule has 2 aliphatic heterocycles. The predicted molar refractivity (Wildman–Crippen MR) is 121 cm³/mol. The molecular formula is C20H28N2O8S2. The fourth-order valence-electron chi connectivity index (χ4n) is 2.46. The van der Waals surface area contributed by atoms with Crippen LogP contribution in [0, 0.1) is 0 Å². The number of cyclic esters (lactones) is 2. The van der Waals surface area contributed by atoms with E-state index in [1.807, 2.05) is 0 Å². The summed E-state index contributed by atoms with van der Waals surface area (Å²) >= 11 is 2.68. The highest BCUT2D eigenvalue weighted by atomic mass is 32.2. The summed E-state index contributed by atoms with van der Waals surface area (Å²) in [5, 5.41) is 0. The van der Waals surface area contributed by atoms with Gasteiger partial charge < -0.3 is 18.9 Å². The number of carbonyl (C=O) groups excluding carboxylic acids is 4. The maximum Gasteiger partial charge on any atom is 0.340 e. The number of nitrogens with zero attached hydrogens (tertiary/aromatic N) is 2. The van der Waals surface area contributed by atoms with E-state index in [4.69, 9.17) is 18.9 Å². The number of aliphatic imine (C=N–C) groups is 2. The fraction of sp³-hybridized carbons (Fsp3) is 0.700. The van der Waals surface area contributed by atoms with Gasteiger partial charge in [0.15, 0.2) is 22.9 Å². The van der Waals surface area contributed by atoms with Gasteiger partial charge in [-0.2, -0.15) is 0 Å². The van der Waals surface area contributed by atoms with Gasteiger partial charge in [-0.05, 0) is 27.7 Å². The molecule has 0 saturated carbocycles. The summed E-state index contributed by atoms with van der Waals surface area (Å²) in [5.41, 5.74) is -1.68. The molecule has 2 aliphatic rings. The number of thioether (sulfide) groups is 2. The Hall–Kier alpha value is -2.08. The number of ether oxygens (including phenoxy) is 4. The quantitative estimate of drug-likeness (QED) is 0.215. The van der Waals surface area contributed by atoms with Crippen LogP contribution in [0.1, 0.15) is 40.5 Å². The molecular weight excluding hydrogens is 460 g/mol. The average molecular weight is 489 g/mol. The molecule has 0 fully saturated rings. The maximum atomic E-state index is 11.7. The molecule has 12 heteroatoms. The van der Waals surface area contributed by atoms with Crippen molar-refractivity contribution in [3.05, 3.63) is 0 Å². The minimum Gasteiger partial charge on any atom is -0.461 e. The van der Waals surface area contributed by atoms with Crippen LogP contribution in [-0.4, -0.2) is 83.0 Å². The highest BCUT2D eigenvalue weighted by Gasteiger charge is 2.37. The summed E-state index contributed by atoms with van der Waals surface area (Å²) in [4.78, 5) is 54.8. The van der Waals surface area contributed by atoms with Crippen molar-refractivity contribution in [3.63, 3.8) is 0 Å². The highest BCUT2D eigenvalue weighted by Crippen LogP contribution is 2.22. The molecule has 0 N–H and O–H groups in total. The van der Waals surface area contributed by atoms with Crippen LogP contribution in [0.5, 0.6) is 0 Å². The molecule has 0 aromatic carbocycles. The number of carbonyl (C=O) groups is 4. The summed E-state index contributed by atoms with van der Waals surface area (Å²) < 4.78 is 20.2. The van der Waals surface area contributed by atoms with Gasteiger partial charge in [-0.3, -0.25) is 9.59 Å². The first-order chi connectivity index (χ1) is 15.0. The minimum absolute atomic E-state index is 0.0177. The van der Waals surface area contributed by atoms with Crippen LogP contribution in [-0.2, 0) is 38.1 Å². The zero-order valence-corrected chi connectivity index (χ0v) is 20.3. The SMILES string of the molecule is CC1(C)N=C(CCSCC(=O)OCCOC(=O)CSCCC2=NC(C)(C)C(=O)O2)OC1=O. The molecule has 178 valence electrons. The van der Waals surface area contributed by atoms with E-state index >= 15 is 0 Å². The van der Waals surface area contributed by atoms with Gasteiger partial charge >= 0.3 is 23.9 Å². The van der Waals surface area contributed by atoms with Crippen LogP contribution in [0.4, 0.5) is 0 Å². The third-order valence-electron chi connectivity index (χ3n) is 4.20. The van der Waals surface area contributed by atoms with Crippen molar-refractivity contribution in [2.75, 3.05) is 36.2 Å². The molecule has 0 aromatic heterocycles. The monoisotopic (exact) mass is 488 g/mol. The van der Waals surface area contributed by atoms with E-state index in [9.17, 15) is 19.2 Å². The van der Waals surface area contributed by atoms with Gasteiger partial charge in [0.1, 0.15) is 13.2 Å². The van der Waals surface area contributed by atoms with Crippen LogP contribution >= 0.6 is 23.5 Å². The van der Waals surface area contributed by atoms with Crippen molar-refractivity contribution in [3.8, 4) is 0 Å². The molecule has 0 atom stereocenters. The smallest absolute Gasteiger partial charge is 0.340 e. The second-order valence-electron chi connectivity index (χ2n) is 7.95. The van der Waals surface area contributed by atoms with Crippen molar-refractivity contribution in [1.82, 2.24) is 0 Å². The van der Waals surface area contributed by atoms with Crippen molar-refractivity contribution in [1.29, 1.82) is 0 Å². The molecule has 0 bridgehead atoms. The van der Waals surface area contributed by atoms with Gasteiger partial charge in [-0.15, -0.1) is 23.5 Å². The van der Waals surface area contributed by atoms with Crippen LogP contribution in [0.2, 0.25) is 0 Å². The van der Waals surface area contributed by atoms with Crippen LogP contribution in [0.3, 0.4) is 0 Å². The molecule has 0 spiro atoms. The fourth-order valence-corrected chi connectivity index (χ4v) is 3.89. The normalized spacial score (nSPS) is 18.5. The Morgan fingerprint density at radius 1 is 0.781 bits per heavy atom. The Labute approximate surface area is 195 Å². The predicted octanol–water partition coefficient (Wildman–Crippen LogP) is 1.79. The Kier molecular flexibility index (Phi) is 9.56. The van der Waals surface area contributed by atoms with Crippen LogP contribution in [0.25, 0.3) is 0 Å². The largest absolute Gasteiger partial charge is 0.461 e. The molecule has 2 heterocycles. The third kappa shape index (κ3) is 8.45. The van der Waals surface area contributed by atoms with Gasteiger partial charge in [0, 0.05) is 24.3 Å². The number of rotatable bonds is 13. The van der Waals surface area contributed by atoms with Crippen molar-refractivity contribution in [2.24, 2.45) is 9.98 Å². The van der Waals surface area contributed by atoms with E-state index in [1.54, 1.807) is 27.7 Å². The van der Waals surface area contributed by atoms with Gasteiger partial charge in [-0.1, -0.05) is 0 Å². The lowest BCUT2D eigenvalue weighted by Crippen LogP contribution is -2.25. The second kappa shape index (κ2) is 11.7. The molecule has 0 radical (unpaired) electrons. The Balaban J connectivity index is 1.44. The molecule has 32 heavy (non-hydrogen) atoms. The van der Waals surface area contributed by atoms with Crippen LogP contribution < -0.4 is 0 Å². The Bertz CT molecular complexity index is 741. The lowest BCUT2D eigenvalue weighted by molar-refractivity contribution is -0.148. The van der Waals surface area contributed by atoms with E-state index in [0.717, 1.165) is 0 Å². The minimum atomic E-state index is -0.842. The van der Waals surface area contributed by atoms with Gasteiger partial charge in [0.05, 0.1) is 11.5 Å². The molecule has 2 rings (SSSR count). The first-order valence-corrected chi connectivity index (χ1v) is 12.4. The Morgan fingerprint density at radius 2 is 1.16 bits per heavy atom. The van der Waals surface area contributed by atoms with E-state index in [-0.39, 0.29) is 36.7 Å². The average Bonchev–Trinajstić information content (AvgIpc) is 3.12. The van der Waals surface area contributed by atoms with Crippen molar-refractivity contribution in [2.45, 2.75) is 51.6 Å². The molecule has 0 aromatic rings. The molecule has 0 amide bonds. The van der Waals surface area contributed by atoms with E-state index in [1.165, 1.54) is 23.5 Å². The first-order valence-electron chi connectivity index (χ1n) is 10.1. The standard InChI is InChI=1S/C20H28N2O8S2/c1-19(2)17(25)29-13(21-19)5-9-31-11-15(23)27-7-8-28-16(24)12-32-10-6-14-22-20(3,4)18(26)30-14/h5-12H2,1-4H3. The molecule has 0 saturated heterocycles. The molecule has 0 aliphatic carbocycles. The summed E-state index contributed by atoms with van der Waals surface area (Å²) in [5.74, 6) is 0.587. The first kappa shape index (κ1) is 26.2. The lowest BCUT2D eigenvalue weighted by atomic mass is 10.1. The van der Waals surface area contributed by atoms with Crippen molar-refractivity contribution < 1.29 is 38.1 Å². The number of esters is 4. The summed E-state index contributed by atoms with van der Waals surface area (Å²) in [7, 11) is 0. The van der Waals surface area contributed by atoms with Gasteiger partial charge in [-0.25, -0.2) is 19.6 Å². The van der Waals surface area contributed by atoms with E-state index < -0.39 is 23.0 Å². The second-order valence-corrected chi connectivity index (χ2v) is 10.2. The lowest BCUT2D eigenvalue weighted by Gasteiger charge is -2.06. The van der Waals surface area contributed by atoms with E-state index in [2.05, 4.69) is 9.98 Å². The zero-order chi connectivity index (χ0) is 23.8. The topological polar surface area (TPSA) is 130 Å². The number of hydrogen-bond donors (Lipinski definition) is 0. The Morgan fingerprint density at radius 3 is 1.47 bits per heavy atom.